The molecule has 1 fully saturated rings. The summed E-state index contributed by atoms with van der Waals surface area (Å²) in [6, 6.07) is 1.36. The summed E-state index contributed by atoms with van der Waals surface area (Å²) in [7, 11) is 0. The normalized spacial score (nSPS) is 19.1. The van der Waals surface area contributed by atoms with Crippen molar-refractivity contribution in [3.63, 3.8) is 0 Å². The van der Waals surface area contributed by atoms with Gasteiger partial charge in [-0.2, -0.15) is 9.78 Å². The van der Waals surface area contributed by atoms with Gasteiger partial charge >= 0.3 is 6.03 Å². The molecule has 0 atom stereocenters. The average molecular weight is 165 g/mol. The lowest BCUT2D eigenvalue weighted by Gasteiger charge is -2.08. The quantitative estimate of drug-likeness (QED) is 0.670. The highest BCUT2D eigenvalue weighted by molar-refractivity contribution is 5.74. The number of amides is 1. The zero-order valence-corrected chi connectivity index (χ0v) is 6.95. The standard InChI is InChI=1S/C8H11N3O/c1-8(3-4-8)6-2-5-10-11(6)7(9)12/h2,5H,3-4H2,1H3,(H2,9,12). The van der Waals surface area contributed by atoms with E-state index in [2.05, 4.69) is 12.0 Å². The van der Waals surface area contributed by atoms with Crippen molar-refractivity contribution in [1.29, 1.82) is 0 Å². The van der Waals surface area contributed by atoms with Gasteiger partial charge in [0.05, 0.1) is 5.69 Å². The molecular formula is C8H11N3O. The molecular weight excluding hydrogens is 154 g/mol. The Hall–Kier alpha value is -1.32. The van der Waals surface area contributed by atoms with Crippen molar-refractivity contribution < 1.29 is 4.79 Å². The second-order valence-corrected chi connectivity index (χ2v) is 3.53. The third kappa shape index (κ3) is 0.913. The summed E-state index contributed by atoms with van der Waals surface area (Å²) in [5, 5.41) is 3.86. The molecule has 1 aliphatic carbocycles. The van der Waals surface area contributed by atoms with Crippen LogP contribution in [0.25, 0.3) is 0 Å². The largest absolute Gasteiger partial charge is 0.350 e. The number of aromatic nitrogens is 2. The highest BCUT2D eigenvalue weighted by Crippen LogP contribution is 2.47. The summed E-state index contributed by atoms with van der Waals surface area (Å²) in [5.41, 5.74) is 6.23. The Morgan fingerprint density at radius 1 is 1.75 bits per heavy atom. The smallest absolute Gasteiger partial charge is 0.339 e. The van der Waals surface area contributed by atoms with Crippen LogP contribution >= 0.6 is 0 Å². The van der Waals surface area contributed by atoms with Gasteiger partial charge in [-0.3, -0.25) is 0 Å². The highest BCUT2D eigenvalue weighted by atomic mass is 16.2. The predicted octanol–water partition coefficient (Wildman–Crippen LogP) is 0.861. The molecule has 0 aliphatic heterocycles. The first kappa shape index (κ1) is 7.34. The Morgan fingerprint density at radius 3 is 2.92 bits per heavy atom. The fourth-order valence-electron chi connectivity index (χ4n) is 1.38. The molecule has 0 bridgehead atoms. The van der Waals surface area contributed by atoms with Crippen molar-refractivity contribution in [2.24, 2.45) is 5.73 Å². The van der Waals surface area contributed by atoms with E-state index in [0.717, 1.165) is 18.5 Å². The average Bonchev–Trinajstić information content (AvgIpc) is 2.61. The van der Waals surface area contributed by atoms with Crippen molar-refractivity contribution >= 4 is 6.03 Å². The molecule has 0 saturated heterocycles. The van der Waals surface area contributed by atoms with E-state index < -0.39 is 6.03 Å². The fraction of sp³-hybridized carbons (Fsp3) is 0.500. The molecule has 4 nitrogen and oxygen atoms in total. The molecule has 1 aromatic rings. The summed E-state index contributed by atoms with van der Waals surface area (Å²) >= 11 is 0. The molecule has 1 saturated carbocycles. The Kier molecular flexibility index (Phi) is 1.28. The van der Waals surface area contributed by atoms with Gasteiger partial charge in [0.2, 0.25) is 0 Å². The van der Waals surface area contributed by atoms with Gasteiger partial charge < -0.3 is 5.73 Å². The Labute approximate surface area is 70.4 Å². The van der Waals surface area contributed by atoms with E-state index in [1.807, 2.05) is 6.07 Å². The van der Waals surface area contributed by atoms with Crippen LogP contribution < -0.4 is 5.73 Å². The van der Waals surface area contributed by atoms with E-state index in [-0.39, 0.29) is 5.41 Å². The van der Waals surface area contributed by atoms with E-state index in [4.69, 9.17) is 5.73 Å². The first-order valence-corrected chi connectivity index (χ1v) is 3.98. The van der Waals surface area contributed by atoms with Gasteiger partial charge in [-0.1, -0.05) is 6.92 Å². The van der Waals surface area contributed by atoms with Gasteiger partial charge in [-0.05, 0) is 18.9 Å². The van der Waals surface area contributed by atoms with Gasteiger partial charge in [0.25, 0.3) is 0 Å². The lowest BCUT2D eigenvalue weighted by molar-refractivity contribution is 0.246. The second-order valence-electron chi connectivity index (χ2n) is 3.53. The van der Waals surface area contributed by atoms with Crippen LogP contribution in [-0.2, 0) is 5.41 Å². The molecule has 1 heterocycles. The SMILES string of the molecule is CC1(c2ccnn2C(N)=O)CC1. The third-order valence-corrected chi connectivity index (χ3v) is 2.47. The van der Waals surface area contributed by atoms with Crippen LogP contribution in [0, 0.1) is 0 Å². The van der Waals surface area contributed by atoms with Crippen LogP contribution in [0.15, 0.2) is 12.3 Å². The molecule has 0 spiro atoms. The number of hydrogen-bond acceptors (Lipinski definition) is 2. The molecule has 4 heteroatoms. The lowest BCUT2D eigenvalue weighted by Crippen LogP contribution is -2.25. The van der Waals surface area contributed by atoms with Crippen LogP contribution in [0.5, 0.6) is 0 Å². The Bertz CT molecular complexity index is 325. The van der Waals surface area contributed by atoms with Gasteiger partial charge in [0, 0.05) is 11.6 Å². The topological polar surface area (TPSA) is 60.9 Å². The van der Waals surface area contributed by atoms with Crippen LogP contribution in [0.3, 0.4) is 0 Å². The van der Waals surface area contributed by atoms with Gasteiger partial charge in [0.1, 0.15) is 0 Å². The minimum atomic E-state index is -0.497. The summed E-state index contributed by atoms with van der Waals surface area (Å²) in [5.74, 6) is 0. The van der Waals surface area contributed by atoms with E-state index in [1.54, 1.807) is 6.20 Å². The molecule has 1 aromatic heterocycles. The molecule has 0 aromatic carbocycles. The van der Waals surface area contributed by atoms with Crippen molar-refractivity contribution in [2.45, 2.75) is 25.2 Å². The Morgan fingerprint density at radius 2 is 2.42 bits per heavy atom. The summed E-state index contributed by atoms with van der Waals surface area (Å²) in [4.78, 5) is 10.9. The maximum Gasteiger partial charge on any atom is 0.339 e. The van der Waals surface area contributed by atoms with Gasteiger partial charge in [-0.25, -0.2) is 4.79 Å². The van der Waals surface area contributed by atoms with Crippen LogP contribution in [0.1, 0.15) is 25.5 Å². The highest BCUT2D eigenvalue weighted by Gasteiger charge is 2.42. The molecule has 0 radical (unpaired) electrons. The van der Waals surface area contributed by atoms with Crippen LogP contribution in [0.2, 0.25) is 0 Å². The molecule has 1 amide bonds. The molecule has 2 N–H and O–H groups in total. The Balaban J connectivity index is 2.43. The van der Waals surface area contributed by atoms with Crippen molar-refractivity contribution in [2.75, 3.05) is 0 Å². The fourth-order valence-corrected chi connectivity index (χ4v) is 1.38. The van der Waals surface area contributed by atoms with Crippen molar-refractivity contribution in [3.8, 4) is 0 Å². The van der Waals surface area contributed by atoms with Gasteiger partial charge in [0.15, 0.2) is 0 Å². The molecule has 12 heavy (non-hydrogen) atoms. The minimum absolute atomic E-state index is 0.144. The molecule has 1 aliphatic rings. The van der Waals surface area contributed by atoms with Crippen LogP contribution in [-0.4, -0.2) is 15.8 Å². The first-order valence-electron chi connectivity index (χ1n) is 3.98. The monoisotopic (exact) mass is 165 g/mol. The van der Waals surface area contributed by atoms with Crippen molar-refractivity contribution in [1.82, 2.24) is 9.78 Å². The number of primary amides is 1. The maximum atomic E-state index is 10.9. The number of nitrogens with zero attached hydrogens (tertiary/aromatic N) is 2. The van der Waals surface area contributed by atoms with Crippen molar-refractivity contribution in [3.05, 3.63) is 18.0 Å². The summed E-state index contributed by atoms with van der Waals surface area (Å²) in [6.07, 6.45) is 3.85. The number of carbonyl (C=O) groups is 1. The molecule has 2 rings (SSSR count). The number of rotatable bonds is 1. The predicted molar refractivity (Wildman–Crippen MR) is 43.8 cm³/mol. The van der Waals surface area contributed by atoms with E-state index in [0.29, 0.717) is 0 Å². The minimum Gasteiger partial charge on any atom is -0.350 e. The maximum absolute atomic E-state index is 10.9. The number of nitrogens with two attached hydrogens (primary N) is 1. The summed E-state index contributed by atoms with van der Waals surface area (Å²) < 4.78 is 1.28. The van der Waals surface area contributed by atoms with E-state index in [1.165, 1.54) is 4.68 Å². The van der Waals surface area contributed by atoms with E-state index >= 15 is 0 Å². The van der Waals surface area contributed by atoms with E-state index in [9.17, 15) is 4.79 Å². The zero-order chi connectivity index (χ0) is 8.77. The summed E-state index contributed by atoms with van der Waals surface area (Å²) in [6.45, 7) is 2.11. The van der Waals surface area contributed by atoms with Crippen LogP contribution in [0.4, 0.5) is 4.79 Å². The number of hydrogen-bond donors (Lipinski definition) is 1. The molecule has 0 unspecified atom stereocenters. The molecule has 64 valence electrons. The second kappa shape index (κ2) is 2.09. The zero-order valence-electron chi connectivity index (χ0n) is 6.95. The third-order valence-electron chi connectivity index (χ3n) is 2.47. The first-order chi connectivity index (χ1) is 5.63. The van der Waals surface area contributed by atoms with Gasteiger partial charge in [-0.15, -0.1) is 0 Å². The lowest BCUT2D eigenvalue weighted by atomic mass is 10.1. The number of carbonyl (C=O) groups excluding carboxylic acids is 1.